The number of carbonyl (C=O) groups is 3. The number of hydrogen-bond acceptors (Lipinski definition) is 7. The molecule has 0 radical (unpaired) electrons. The summed E-state index contributed by atoms with van der Waals surface area (Å²) < 4.78 is 1.41. The number of rotatable bonds is 9. The normalized spacial score (nSPS) is 14.4. The number of piperazine rings is 1. The number of tetrazole rings is 1. The molecule has 1 aliphatic rings. The molecule has 2 amide bonds. The molecule has 3 aromatic carbocycles. The molecule has 3 N–H and O–H groups in total. The van der Waals surface area contributed by atoms with Gasteiger partial charge >= 0.3 is 17.8 Å². The average molecular weight is 619 g/mol. The fraction of sp³-hybridized carbons (Fsp3) is 0.172. The van der Waals surface area contributed by atoms with Gasteiger partial charge in [0.15, 0.2) is 0 Å². The Kier molecular flexibility index (Phi) is 7.70. The van der Waals surface area contributed by atoms with Gasteiger partial charge in [-0.05, 0) is 58.8 Å². The van der Waals surface area contributed by atoms with Crippen molar-refractivity contribution in [3.05, 3.63) is 94.4 Å². The zero-order valence-electron chi connectivity index (χ0n) is 22.4. The third-order valence-electron chi connectivity index (χ3n) is 7.32. The predicted molar refractivity (Wildman–Crippen MR) is 161 cm³/mol. The second kappa shape index (κ2) is 11.7. The van der Waals surface area contributed by atoms with Crippen molar-refractivity contribution in [2.75, 3.05) is 29.9 Å². The van der Waals surface area contributed by atoms with Crippen molar-refractivity contribution in [3.8, 4) is 5.69 Å². The molecule has 2 aromatic heterocycles. The Morgan fingerprint density at radius 1 is 1.00 bits per heavy atom. The van der Waals surface area contributed by atoms with E-state index in [4.69, 9.17) is 23.2 Å². The topological polar surface area (TPSA) is 149 Å². The van der Waals surface area contributed by atoms with E-state index in [9.17, 15) is 19.5 Å². The number of aromatic amines is 1. The second-order valence-corrected chi connectivity index (χ2v) is 10.8. The van der Waals surface area contributed by atoms with Gasteiger partial charge in [0, 0.05) is 41.2 Å². The van der Waals surface area contributed by atoms with Crippen LogP contribution in [0.3, 0.4) is 0 Å². The van der Waals surface area contributed by atoms with E-state index < -0.39 is 17.8 Å². The van der Waals surface area contributed by atoms with Crippen LogP contribution in [0.4, 0.5) is 11.4 Å². The zero-order valence-corrected chi connectivity index (χ0v) is 24.0. The lowest BCUT2D eigenvalue weighted by Gasteiger charge is -2.39. The Bertz CT molecular complexity index is 1830. The molecule has 0 saturated carbocycles. The van der Waals surface area contributed by atoms with Crippen LogP contribution >= 0.6 is 23.2 Å². The van der Waals surface area contributed by atoms with E-state index in [2.05, 4.69) is 25.8 Å². The fourth-order valence-corrected chi connectivity index (χ4v) is 5.69. The first-order chi connectivity index (χ1) is 20.8. The van der Waals surface area contributed by atoms with Crippen LogP contribution in [0.5, 0.6) is 0 Å². The number of halogens is 2. The van der Waals surface area contributed by atoms with Gasteiger partial charge in [-0.15, -0.1) is 5.10 Å². The molecule has 1 aliphatic heterocycles. The number of carboxylic acids is 1. The van der Waals surface area contributed by atoms with Crippen LogP contribution in [0.15, 0.2) is 73.1 Å². The Morgan fingerprint density at radius 2 is 1.81 bits per heavy atom. The number of benzene rings is 3. The van der Waals surface area contributed by atoms with Gasteiger partial charge in [0.25, 0.3) is 0 Å². The van der Waals surface area contributed by atoms with Gasteiger partial charge in [-0.2, -0.15) is 4.68 Å². The number of nitrogens with one attached hydrogen (secondary N) is 2. The lowest BCUT2D eigenvalue weighted by atomic mass is 10.0. The molecule has 1 saturated heterocycles. The molecule has 43 heavy (non-hydrogen) atoms. The molecule has 0 aliphatic carbocycles. The Labute approximate surface area is 254 Å². The summed E-state index contributed by atoms with van der Waals surface area (Å²) >= 11 is 12.6. The smallest absolute Gasteiger partial charge is 0.353 e. The lowest BCUT2D eigenvalue weighted by Crippen LogP contribution is -2.59. The van der Waals surface area contributed by atoms with Crippen molar-refractivity contribution in [3.63, 3.8) is 0 Å². The van der Waals surface area contributed by atoms with Crippen LogP contribution in [-0.2, 0) is 16.0 Å². The molecule has 1 atom stereocenters. The minimum Gasteiger partial charge on any atom is -0.477 e. The van der Waals surface area contributed by atoms with Gasteiger partial charge in [0.2, 0.25) is 0 Å². The standard InChI is InChI=1S/C29H24Cl2N8O4/c30-18-6-9-23(39-16-33-35-36-39)24(13-18)38-11-10-37(27(40)28(38)41)20(12-17-4-2-1-3-5-17)15-32-19-7-8-22-21(14-19)25(31)26(34-22)29(42)43/h1-9,13-14,16,20,32,34H,10-12,15H2,(H,42,43)/t20-/m0/s1. The van der Waals surface area contributed by atoms with Crippen LogP contribution in [0.25, 0.3) is 16.6 Å². The highest BCUT2D eigenvalue weighted by Gasteiger charge is 2.38. The van der Waals surface area contributed by atoms with Crippen LogP contribution in [0.2, 0.25) is 10.0 Å². The lowest BCUT2D eigenvalue weighted by molar-refractivity contribution is -0.147. The summed E-state index contributed by atoms with van der Waals surface area (Å²) in [7, 11) is 0. The first-order valence-corrected chi connectivity index (χ1v) is 14.0. The molecule has 0 spiro atoms. The third-order valence-corrected chi connectivity index (χ3v) is 7.95. The van der Waals surface area contributed by atoms with Gasteiger partial charge in [0.1, 0.15) is 12.0 Å². The average Bonchev–Trinajstić information content (AvgIpc) is 3.66. The van der Waals surface area contributed by atoms with Crippen molar-refractivity contribution in [2.24, 2.45) is 0 Å². The van der Waals surface area contributed by atoms with E-state index in [1.54, 1.807) is 41.3 Å². The summed E-state index contributed by atoms with van der Waals surface area (Å²) in [6.07, 6.45) is 1.90. The van der Waals surface area contributed by atoms with E-state index in [1.165, 1.54) is 15.9 Å². The predicted octanol–water partition coefficient (Wildman–Crippen LogP) is 4.05. The summed E-state index contributed by atoms with van der Waals surface area (Å²) in [6, 6.07) is 19.6. The van der Waals surface area contributed by atoms with Crippen molar-refractivity contribution in [2.45, 2.75) is 12.5 Å². The quantitative estimate of drug-likeness (QED) is 0.209. The Morgan fingerprint density at radius 3 is 2.56 bits per heavy atom. The first kappa shape index (κ1) is 28.2. The number of carboxylic acid groups (broad SMARTS) is 1. The summed E-state index contributed by atoms with van der Waals surface area (Å²) in [4.78, 5) is 44.5. The summed E-state index contributed by atoms with van der Waals surface area (Å²) in [5, 5.41) is 25.1. The zero-order chi connectivity index (χ0) is 30.1. The van der Waals surface area contributed by atoms with Gasteiger partial charge in [-0.1, -0.05) is 53.5 Å². The molecule has 12 nitrogen and oxygen atoms in total. The Balaban J connectivity index is 1.26. The number of nitrogens with zero attached hydrogens (tertiary/aromatic N) is 6. The maximum absolute atomic E-state index is 13.7. The largest absolute Gasteiger partial charge is 0.477 e. The van der Waals surface area contributed by atoms with Crippen LogP contribution in [0.1, 0.15) is 16.1 Å². The van der Waals surface area contributed by atoms with Crippen molar-refractivity contribution >= 4 is 63.3 Å². The van der Waals surface area contributed by atoms with Crippen molar-refractivity contribution in [1.82, 2.24) is 30.1 Å². The number of hydrogen-bond donors (Lipinski definition) is 3. The summed E-state index contributed by atoms with van der Waals surface area (Å²) in [5.41, 5.74) is 3.13. The van der Waals surface area contributed by atoms with Crippen molar-refractivity contribution in [1.29, 1.82) is 0 Å². The second-order valence-electron chi connectivity index (χ2n) is 9.95. The van der Waals surface area contributed by atoms with Crippen LogP contribution < -0.4 is 10.2 Å². The van der Waals surface area contributed by atoms with E-state index in [-0.39, 0.29) is 29.8 Å². The SMILES string of the molecule is O=C(O)c1[nH]c2ccc(NC[C@H](Cc3ccccc3)N3CCN(c4cc(Cl)ccc4-n4cnnn4)C(=O)C3=O)cc2c1Cl. The van der Waals surface area contributed by atoms with Gasteiger partial charge in [-0.3, -0.25) is 9.59 Å². The number of aromatic carboxylic acids is 1. The highest BCUT2D eigenvalue weighted by molar-refractivity contribution is 6.41. The maximum Gasteiger partial charge on any atom is 0.353 e. The van der Waals surface area contributed by atoms with Crippen molar-refractivity contribution < 1.29 is 19.5 Å². The molecule has 218 valence electrons. The van der Waals surface area contributed by atoms with Gasteiger partial charge in [-0.25, -0.2) is 4.79 Å². The molecule has 0 unspecified atom stereocenters. The minimum atomic E-state index is -1.15. The third kappa shape index (κ3) is 5.62. The molecule has 0 bridgehead atoms. The highest BCUT2D eigenvalue weighted by Crippen LogP contribution is 2.31. The van der Waals surface area contributed by atoms with E-state index >= 15 is 0 Å². The molecule has 3 heterocycles. The van der Waals surface area contributed by atoms with E-state index in [1.807, 2.05) is 30.3 Å². The molecule has 5 aromatic rings. The molecule has 6 rings (SSSR count). The number of H-pyrrole nitrogens is 1. The highest BCUT2D eigenvalue weighted by atomic mass is 35.5. The van der Waals surface area contributed by atoms with Crippen LogP contribution in [-0.4, -0.2) is 78.7 Å². The fourth-order valence-electron chi connectivity index (χ4n) is 5.24. The number of aromatic nitrogens is 5. The Hall–Kier alpha value is -4.94. The molecular formula is C29H24Cl2N8O4. The molecule has 14 heteroatoms. The minimum absolute atomic E-state index is 0.0827. The number of carbonyl (C=O) groups excluding carboxylic acids is 2. The molecule has 1 fully saturated rings. The van der Waals surface area contributed by atoms with E-state index in [0.29, 0.717) is 46.0 Å². The van der Waals surface area contributed by atoms with E-state index in [0.717, 1.165) is 5.56 Å². The summed E-state index contributed by atoms with van der Waals surface area (Å²) in [6.45, 7) is 0.824. The molecular weight excluding hydrogens is 595 g/mol. The maximum atomic E-state index is 13.7. The number of amides is 2. The first-order valence-electron chi connectivity index (χ1n) is 13.3. The number of anilines is 2. The van der Waals surface area contributed by atoms with Crippen LogP contribution in [0, 0.1) is 0 Å². The monoisotopic (exact) mass is 618 g/mol. The van der Waals surface area contributed by atoms with Gasteiger partial charge in [0.05, 0.1) is 22.4 Å². The van der Waals surface area contributed by atoms with Gasteiger partial charge < -0.3 is 25.2 Å². The summed E-state index contributed by atoms with van der Waals surface area (Å²) in [5.74, 6) is -2.49. The number of fused-ring (bicyclic) bond motifs is 1.